The number of amides is 3. The number of urea groups is 1. The SMILES string of the molecule is O=C(COc1ccc(Br)cc1)NC(=O)NC1CCCCC1. The van der Waals surface area contributed by atoms with Gasteiger partial charge < -0.3 is 10.1 Å². The van der Waals surface area contributed by atoms with Crippen molar-refractivity contribution in [1.29, 1.82) is 0 Å². The van der Waals surface area contributed by atoms with Crippen LogP contribution in [0, 0.1) is 0 Å². The van der Waals surface area contributed by atoms with E-state index in [1.165, 1.54) is 6.42 Å². The highest BCUT2D eigenvalue weighted by Gasteiger charge is 2.16. The second kappa shape index (κ2) is 8.02. The number of halogens is 1. The number of carbonyl (C=O) groups is 2. The highest BCUT2D eigenvalue weighted by Crippen LogP contribution is 2.17. The van der Waals surface area contributed by atoms with Gasteiger partial charge in [-0.3, -0.25) is 10.1 Å². The lowest BCUT2D eigenvalue weighted by atomic mass is 9.96. The molecule has 1 fully saturated rings. The van der Waals surface area contributed by atoms with Gasteiger partial charge in [0.1, 0.15) is 5.75 Å². The van der Waals surface area contributed by atoms with Gasteiger partial charge in [-0.05, 0) is 37.1 Å². The topological polar surface area (TPSA) is 67.4 Å². The van der Waals surface area contributed by atoms with E-state index < -0.39 is 11.9 Å². The molecule has 0 aliphatic heterocycles. The Morgan fingerprint density at radius 1 is 1.14 bits per heavy atom. The standard InChI is InChI=1S/C15H19BrN2O3/c16-11-6-8-13(9-7-11)21-10-14(19)18-15(20)17-12-4-2-1-3-5-12/h6-9,12H,1-5,10H2,(H2,17,18,19,20). The summed E-state index contributed by atoms with van der Waals surface area (Å²) in [5.74, 6) is 0.132. The molecule has 1 aliphatic carbocycles. The molecule has 5 nitrogen and oxygen atoms in total. The minimum absolute atomic E-state index is 0.180. The monoisotopic (exact) mass is 354 g/mol. The van der Waals surface area contributed by atoms with Crippen molar-refractivity contribution in [1.82, 2.24) is 10.6 Å². The van der Waals surface area contributed by atoms with E-state index in [4.69, 9.17) is 4.74 Å². The molecule has 1 aromatic rings. The second-order valence-electron chi connectivity index (χ2n) is 5.10. The Morgan fingerprint density at radius 2 is 1.81 bits per heavy atom. The molecule has 114 valence electrons. The van der Waals surface area contributed by atoms with Crippen LogP contribution >= 0.6 is 15.9 Å². The number of ether oxygens (including phenoxy) is 1. The quantitative estimate of drug-likeness (QED) is 0.873. The van der Waals surface area contributed by atoms with Crippen molar-refractivity contribution < 1.29 is 14.3 Å². The number of rotatable bonds is 4. The molecule has 0 heterocycles. The van der Waals surface area contributed by atoms with Crippen LogP contribution in [0.4, 0.5) is 4.79 Å². The molecule has 3 amide bonds. The zero-order chi connectivity index (χ0) is 15.1. The van der Waals surface area contributed by atoms with Crippen LogP contribution in [0.5, 0.6) is 5.75 Å². The van der Waals surface area contributed by atoms with Crippen molar-refractivity contribution in [2.75, 3.05) is 6.61 Å². The zero-order valence-electron chi connectivity index (χ0n) is 11.7. The molecule has 0 saturated heterocycles. The lowest BCUT2D eigenvalue weighted by Crippen LogP contribution is -2.46. The van der Waals surface area contributed by atoms with E-state index in [-0.39, 0.29) is 12.6 Å². The summed E-state index contributed by atoms with van der Waals surface area (Å²) in [5, 5.41) is 5.11. The molecule has 21 heavy (non-hydrogen) atoms. The predicted octanol–water partition coefficient (Wildman–Crippen LogP) is 2.99. The maximum Gasteiger partial charge on any atom is 0.321 e. The van der Waals surface area contributed by atoms with Gasteiger partial charge in [0, 0.05) is 10.5 Å². The molecule has 0 spiro atoms. The van der Waals surface area contributed by atoms with Gasteiger partial charge in [-0.1, -0.05) is 35.2 Å². The molecule has 0 atom stereocenters. The van der Waals surface area contributed by atoms with Crippen LogP contribution in [0.15, 0.2) is 28.7 Å². The summed E-state index contributed by atoms with van der Waals surface area (Å²) in [7, 11) is 0. The van der Waals surface area contributed by atoms with Gasteiger partial charge in [0.2, 0.25) is 0 Å². The fraction of sp³-hybridized carbons (Fsp3) is 0.467. The maximum absolute atomic E-state index is 11.7. The Kier molecular flexibility index (Phi) is 6.04. The molecule has 2 rings (SSSR count). The van der Waals surface area contributed by atoms with E-state index in [1.807, 2.05) is 12.1 Å². The number of benzene rings is 1. The van der Waals surface area contributed by atoms with E-state index in [0.717, 1.165) is 30.2 Å². The van der Waals surface area contributed by atoms with Crippen LogP contribution in [0.25, 0.3) is 0 Å². The molecular weight excluding hydrogens is 336 g/mol. The first-order valence-corrected chi connectivity index (χ1v) is 7.91. The highest BCUT2D eigenvalue weighted by atomic mass is 79.9. The van der Waals surface area contributed by atoms with E-state index in [2.05, 4.69) is 26.6 Å². The fourth-order valence-corrected chi connectivity index (χ4v) is 2.58. The summed E-state index contributed by atoms with van der Waals surface area (Å²) in [6.07, 6.45) is 5.45. The number of imide groups is 1. The maximum atomic E-state index is 11.7. The van der Waals surface area contributed by atoms with E-state index in [1.54, 1.807) is 12.1 Å². The van der Waals surface area contributed by atoms with E-state index >= 15 is 0 Å². The smallest absolute Gasteiger partial charge is 0.321 e. The van der Waals surface area contributed by atoms with Crippen molar-refractivity contribution in [3.05, 3.63) is 28.7 Å². The van der Waals surface area contributed by atoms with E-state index in [0.29, 0.717) is 5.75 Å². The summed E-state index contributed by atoms with van der Waals surface area (Å²) in [6.45, 7) is -0.181. The summed E-state index contributed by atoms with van der Waals surface area (Å²) in [5.41, 5.74) is 0. The van der Waals surface area contributed by atoms with E-state index in [9.17, 15) is 9.59 Å². The van der Waals surface area contributed by atoms with Crippen LogP contribution in [-0.4, -0.2) is 24.6 Å². The Bertz CT molecular complexity index is 484. The van der Waals surface area contributed by atoms with Crippen LogP contribution in [0.1, 0.15) is 32.1 Å². The zero-order valence-corrected chi connectivity index (χ0v) is 13.3. The van der Waals surface area contributed by atoms with Gasteiger partial charge >= 0.3 is 6.03 Å². The molecule has 0 aromatic heterocycles. The van der Waals surface area contributed by atoms with Crippen LogP contribution < -0.4 is 15.4 Å². The van der Waals surface area contributed by atoms with Crippen LogP contribution in [0.3, 0.4) is 0 Å². The average Bonchev–Trinajstić information content (AvgIpc) is 2.47. The fourth-order valence-electron chi connectivity index (χ4n) is 2.31. The van der Waals surface area contributed by atoms with Crippen LogP contribution in [-0.2, 0) is 4.79 Å². The van der Waals surface area contributed by atoms with Gasteiger partial charge in [-0.15, -0.1) is 0 Å². The summed E-state index contributed by atoms with van der Waals surface area (Å²) in [4.78, 5) is 23.3. The molecular formula is C15H19BrN2O3. The third-order valence-electron chi connectivity index (χ3n) is 3.38. The summed E-state index contributed by atoms with van der Waals surface area (Å²) < 4.78 is 6.24. The second-order valence-corrected chi connectivity index (χ2v) is 6.01. The Hall–Kier alpha value is -1.56. The number of carbonyl (C=O) groups excluding carboxylic acids is 2. The lowest BCUT2D eigenvalue weighted by Gasteiger charge is -2.22. The molecule has 1 aromatic carbocycles. The average molecular weight is 355 g/mol. The van der Waals surface area contributed by atoms with Crippen molar-refractivity contribution in [2.45, 2.75) is 38.1 Å². The lowest BCUT2D eigenvalue weighted by molar-refractivity contribution is -0.122. The minimum atomic E-state index is -0.453. The predicted molar refractivity (Wildman–Crippen MR) is 83.2 cm³/mol. The largest absolute Gasteiger partial charge is 0.484 e. The highest BCUT2D eigenvalue weighted by molar-refractivity contribution is 9.10. The van der Waals surface area contributed by atoms with Gasteiger partial charge in [0.25, 0.3) is 5.91 Å². The van der Waals surface area contributed by atoms with Gasteiger partial charge in [0.15, 0.2) is 6.61 Å². The summed E-state index contributed by atoms with van der Waals surface area (Å²) in [6, 6.07) is 6.88. The first kappa shape index (κ1) is 15.8. The van der Waals surface area contributed by atoms with Crippen molar-refractivity contribution >= 4 is 27.9 Å². The van der Waals surface area contributed by atoms with Crippen molar-refractivity contribution in [3.8, 4) is 5.75 Å². The Labute approximate surface area is 132 Å². The molecule has 1 aliphatic rings. The van der Waals surface area contributed by atoms with Gasteiger partial charge in [-0.25, -0.2) is 4.79 Å². The minimum Gasteiger partial charge on any atom is -0.484 e. The number of nitrogens with one attached hydrogen (secondary N) is 2. The van der Waals surface area contributed by atoms with Crippen molar-refractivity contribution in [3.63, 3.8) is 0 Å². The first-order chi connectivity index (χ1) is 10.1. The van der Waals surface area contributed by atoms with Crippen molar-refractivity contribution in [2.24, 2.45) is 0 Å². The van der Waals surface area contributed by atoms with Gasteiger partial charge in [-0.2, -0.15) is 0 Å². The third kappa shape index (κ3) is 5.75. The molecule has 2 N–H and O–H groups in total. The normalized spacial score (nSPS) is 15.3. The first-order valence-electron chi connectivity index (χ1n) is 7.12. The Balaban J connectivity index is 1.68. The summed E-state index contributed by atoms with van der Waals surface area (Å²) >= 11 is 3.32. The Morgan fingerprint density at radius 3 is 2.48 bits per heavy atom. The molecule has 0 radical (unpaired) electrons. The molecule has 6 heteroatoms. The number of hydrogen-bond acceptors (Lipinski definition) is 3. The van der Waals surface area contributed by atoms with Crippen LogP contribution in [0.2, 0.25) is 0 Å². The number of hydrogen-bond donors (Lipinski definition) is 2. The third-order valence-corrected chi connectivity index (χ3v) is 3.91. The molecule has 1 saturated carbocycles. The molecule has 0 bridgehead atoms. The molecule has 0 unspecified atom stereocenters. The van der Waals surface area contributed by atoms with Gasteiger partial charge in [0.05, 0.1) is 0 Å².